The van der Waals surface area contributed by atoms with Crippen LogP contribution in [-0.2, 0) is 14.3 Å². The molecule has 1 N–H and O–H groups in total. The van der Waals surface area contributed by atoms with E-state index in [2.05, 4.69) is 4.98 Å². The molecule has 1 fully saturated rings. The van der Waals surface area contributed by atoms with Crippen LogP contribution in [0.25, 0.3) is 5.76 Å². The van der Waals surface area contributed by atoms with Crippen LogP contribution in [0, 0.1) is 0 Å². The van der Waals surface area contributed by atoms with Gasteiger partial charge in [-0.2, -0.15) is 0 Å². The maximum absolute atomic E-state index is 12.7. The van der Waals surface area contributed by atoms with Crippen molar-refractivity contribution in [3.63, 3.8) is 0 Å². The lowest BCUT2D eigenvalue weighted by Crippen LogP contribution is -2.32. The molecular formula is C20H20N2O5. The second-order valence-corrected chi connectivity index (χ2v) is 6.00. The second-order valence-electron chi connectivity index (χ2n) is 6.00. The Bertz CT molecular complexity index is 879. The number of carbonyl (C=O) groups excluding carboxylic acids is 2. The maximum Gasteiger partial charge on any atom is 0.295 e. The average Bonchev–Trinajstić information content (AvgIpc) is 2.97. The minimum Gasteiger partial charge on any atom is -0.507 e. The van der Waals surface area contributed by atoms with Crippen LogP contribution < -0.4 is 4.74 Å². The molecule has 3 rings (SSSR count). The van der Waals surface area contributed by atoms with E-state index in [9.17, 15) is 14.7 Å². The van der Waals surface area contributed by atoms with Gasteiger partial charge in [0.15, 0.2) is 0 Å². The molecule has 2 aromatic rings. The smallest absolute Gasteiger partial charge is 0.295 e. The van der Waals surface area contributed by atoms with E-state index in [0.717, 1.165) is 0 Å². The van der Waals surface area contributed by atoms with Crippen LogP contribution >= 0.6 is 0 Å². The van der Waals surface area contributed by atoms with E-state index >= 15 is 0 Å². The van der Waals surface area contributed by atoms with E-state index < -0.39 is 17.7 Å². The van der Waals surface area contributed by atoms with Crippen LogP contribution in [0.3, 0.4) is 0 Å². The summed E-state index contributed by atoms with van der Waals surface area (Å²) in [5, 5.41) is 10.8. The fraction of sp³-hybridized carbons (Fsp3) is 0.250. The van der Waals surface area contributed by atoms with E-state index in [-0.39, 0.29) is 24.5 Å². The van der Waals surface area contributed by atoms with Gasteiger partial charge in [0.1, 0.15) is 11.5 Å². The standard InChI is InChI=1S/C20H20N2O5/c1-26-11-10-22-17(14-4-3-5-15(12-14)27-2)16(19(24)20(22)25)18(23)13-6-8-21-9-7-13/h3-9,12,17,23H,10-11H2,1-2H3. The summed E-state index contributed by atoms with van der Waals surface area (Å²) in [7, 11) is 3.06. The lowest BCUT2D eigenvalue weighted by atomic mass is 9.95. The minimum atomic E-state index is -0.733. The maximum atomic E-state index is 12.7. The highest BCUT2D eigenvalue weighted by Gasteiger charge is 2.45. The van der Waals surface area contributed by atoms with Crippen LogP contribution in [0.5, 0.6) is 5.75 Å². The van der Waals surface area contributed by atoms with Crippen molar-refractivity contribution in [3.05, 3.63) is 65.5 Å². The molecule has 140 valence electrons. The zero-order chi connectivity index (χ0) is 19.4. The van der Waals surface area contributed by atoms with Crippen LogP contribution in [0.2, 0.25) is 0 Å². The predicted octanol–water partition coefficient (Wildman–Crippen LogP) is 2.16. The first-order valence-electron chi connectivity index (χ1n) is 8.40. The third-order valence-corrected chi connectivity index (χ3v) is 4.44. The lowest BCUT2D eigenvalue weighted by molar-refractivity contribution is -0.140. The SMILES string of the molecule is COCCN1C(=O)C(=O)C(=C(O)c2ccncc2)C1c1cccc(OC)c1. The van der Waals surface area contributed by atoms with E-state index in [1.165, 1.54) is 31.5 Å². The molecule has 0 aliphatic carbocycles. The van der Waals surface area contributed by atoms with Crippen molar-refractivity contribution in [2.24, 2.45) is 0 Å². The molecule has 1 saturated heterocycles. The molecule has 27 heavy (non-hydrogen) atoms. The summed E-state index contributed by atoms with van der Waals surface area (Å²) in [4.78, 5) is 30.7. The molecule has 7 heteroatoms. The van der Waals surface area contributed by atoms with Gasteiger partial charge in [0.05, 0.1) is 25.3 Å². The minimum absolute atomic E-state index is 0.0376. The number of hydrogen-bond donors (Lipinski definition) is 1. The Morgan fingerprint density at radius 3 is 2.59 bits per heavy atom. The fourth-order valence-corrected chi connectivity index (χ4v) is 3.12. The van der Waals surface area contributed by atoms with Gasteiger partial charge in [0.2, 0.25) is 0 Å². The molecule has 1 aromatic heterocycles. The number of hydrogen-bond acceptors (Lipinski definition) is 6. The van der Waals surface area contributed by atoms with Gasteiger partial charge in [-0.05, 0) is 29.8 Å². The number of Topliss-reactive ketones (excluding diaryl/α,β-unsaturated/α-hetero) is 1. The number of carbonyl (C=O) groups is 2. The number of aromatic nitrogens is 1. The molecule has 7 nitrogen and oxygen atoms in total. The number of aliphatic hydroxyl groups excluding tert-OH is 1. The monoisotopic (exact) mass is 368 g/mol. The van der Waals surface area contributed by atoms with Crippen molar-refractivity contribution in [2.75, 3.05) is 27.4 Å². The van der Waals surface area contributed by atoms with Gasteiger partial charge in [-0.25, -0.2) is 0 Å². The van der Waals surface area contributed by atoms with Crippen LogP contribution in [-0.4, -0.2) is 54.1 Å². The summed E-state index contributed by atoms with van der Waals surface area (Å²) in [6, 6.07) is 9.52. The normalized spacial score (nSPS) is 18.7. The molecule has 0 spiro atoms. The number of nitrogens with zero attached hydrogens (tertiary/aromatic N) is 2. The van der Waals surface area contributed by atoms with Gasteiger partial charge in [-0.3, -0.25) is 14.6 Å². The number of ketones is 1. The number of pyridine rings is 1. The third-order valence-electron chi connectivity index (χ3n) is 4.44. The van der Waals surface area contributed by atoms with Crippen LogP contribution in [0.1, 0.15) is 17.2 Å². The summed E-state index contributed by atoms with van der Waals surface area (Å²) in [6.07, 6.45) is 3.02. The summed E-state index contributed by atoms with van der Waals surface area (Å²) in [6.45, 7) is 0.485. The summed E-state index contributed by atoms with van der Waals surface area (Å²) < 4.78 is 10.3. The molecule has 0 saturated carbocycles. The lowest BCUT2D eigenvalue weighted by Gasteiger charge is -2.25. The highest BCUT2D eigenvalue weighted by atomic mass is 16.5. The van der Waals surface area contributed by atoms with E-state index in [1.54, 1.807) is 36.4 Å². The molecule has 1 unspecified atom stereocenters. The summed E-state index contributed by atoms with van der Waals surface area (Å²) >= 11 is 0. The van der Waals surface area contributed by atoms with Crippen molar-refractivity contribution in [3.8, 4) is 5.75 Å². The average molecular weight is 368 g/mol. The van der Waals surface area contributed by atoms with E-state index in [4.69, 9.17) is 9.47 Å². The third kappa shape index (κ3) is 3.54. The zero-order valence-corrected chi connectivity index (χ0v) is 15.1. The molecule has 1 amide bonds. The number of rotatable bonds is 6. The summed E-state index contributed by atoms with van der Waals surface area (Å²) in [5.74, 6) is -1.04. The van der Waals surface area contributed by atoms with Gasteiger partial charge < -0.3 is 19.5 Å². The number of benzene rings is 1. The highest BCUT2D eigenvalue weighted by molar-refractivity contribution is 6.46. The Kier molecular flexibility index (Phi) is 5.52. The molecule has 0 bridgehead atoms. The molecule has 1 aromatic carbocycles. The van der Waals surface area contributed by atoms with E-state index in [0.29, 0.717) is 16.9 Å². The first-order valence-corrected chi connectivity index (χ1v) is 8.40. The van der Waals surface area contributed by atoms with Gasteiger partial charge in [0.25, 0.3) is 11.7 Å². The van der Waals surface area contributed by atoms with Gasteiger partial charge in [0, 0.05) is 31.6 Å². The Morgan fingerprint density at radius 2 is 1.93 bits per heavy atom. The Hall–Kier alpha value is -3.19. The van der Waals surface area contributed by atoms with Crippen molar-refractivity contribution in [1.29, 1.82) is 0 Å². The molecule has 1 aliphatic heterocycles. The van der Waals surface area contributed by atoms with Gasteiger partial charge >= 0.3 is 0 Å². The van der Waals surface area contributed by atoms with Crippen LogP contribution in [0.4, 0.5) is 0 Å². The Morgan fingerprint density at radius 1 is 1.19 bits per heavy atom. The molecule has 1 aliphatic rings. The van der Waals surface area contributed by atoms with Crippen molar-refractivity contribution >= 4 is 17.4 Å². The summed E-state index contributed by atoms with van der Waals surface area (Å²) in [5.41, 5.74) is 1.12. The first-order chi connectivity index (χ1) is 13.1. The quantitative estimate of drug-likeness (QED) is 0.477. The van der Waals surface area contributed by atoms with Crippen molar-refractivity contribution in [1.82, 2.24) is 9.88 Å². The van der Waals surface area contributed by atoms with Gasteiger partial charge in [-0.1, -0.05) is 12.1 Å². The Labute approximate surface area is 156 Å². The first kappa shape index (κ1) is 18.6. The molecule has 1 atom stereocenters. The second kappa shape index (κ2) is 8.01. The molecule has 0 radical (unpaired) electrons. The van der Waals surface area contributed by atoms with Crippen LogP contribution in [0.15, 0.2) is 54.4 Å². The zero-order valence-electron chi connectivity index (χ0n) is 15.1. The number of ether oxygens (including phenoxy) is 2. The topological polar surface area (TPSA) is 89.0 Å². The van der Waals surface area contributed by atoms with E-state index in [1.807, 2.05) is 0 Å². The van der Waals surface area contributed by atoms with Gasteiger partial charge in [-0.15, -0.1) is 0 Å². The number of likely N-dealkylation sites (tertiary alicyclic amines) is 1. The fourth-order valence-electron chi connectivity index (χ4n) is 3.12. The number of methoxy groups -OCH3 is 2. The number of aliphatic hydroxyl groups is 1. The van der Waals surface area contributed by atoms with Crippen molar-refractivity contribution in [2.45, 2.75) is 6.04 Å². The predicted molar refractivity (Wildman–Crippen MR) is 98.1 cm³/mol. The van der Waals surface area contributed by atoms with Crippen molar-refractivity contribution < 1.29 is 24.2 Å². The molecule has 2 heterocycles. The largest absolute Gasteiger partial charge is 0.507 e. The Balaban J connectivity index is 2.16. The number of amides is 1. The molecular weight excluding hydrogens is 348 g/mol. The highest BCUT2D eigenvalue weighted by Crippen LogP contribution is 2.39.